The fraction of sp³-hybridized carbons (Fsp3) is 0.417. The Balaban J connectivity index is 1.77. The predicted molar refractivity (Wildman–Crippen MR) is 122 cm³/mol. The minimum atomic E-state index is -0.467. The van der Waals surface area contributed by atoms with Crippen LogP contribution < -0.4 is 15.5 Å². The fourth-order valence-corrected chi connectivity index (χ4v) is 3.83. The zero-order valence-electron chi connectivity index (χ0n) is 18.3. The highest BCUT2D eigenvalue weighted by Crippen LogP contribution is 2.28. The molecule has 31 heavy (non-hydrogen) atoms. The number of amides is 2. The molecule has 1 aliphatic rings. The molecule has 6 nitrogen and oxygen atoms in total. The molecule has 2 aromatic carbocycles. The van der Waals surface area contributed by atoms with E-state index >= 15 is 0 Å². The van der Waals surface area contributed by atoms with Crippen molar-refractivity contribution in [1.29, 1.82) is 0 Å². The number of benzene rings is 2. The maximum Gasteiger partial charge on any atom is 0.255 e. The summed E-state index contributed by atoms with van der Waals surface area (Å²) in [6.07, 6.45) is 2.20. The van der Waals surface area contributed by atoms with Gasteiger partial charge in [-0.1, -0.05) is 19.9 Å². The molecule has 166 valence electrons. The van der Waals surface area contributed by atoms with Crippen molar-refractivity contribution in [3.8, 4) is 0 Å². The molecule has 0 radical (unpaired) electrons. The molecule has 0 aliphatic carbocycles. The third-order valence-corrected chi connectivity index (χ3v) is 5.64. The van der Waals surface area contributed by atoms with Crippen LogP contribution in [-0.2, 0) is 0 Å². The van der Waals surface area contributed by atoms with Gasteiger partial charge in [0.1, 0.15) is 5.82 Å². The van der Waals surface area contributed by atoms with E-state index in [9.17, 15) is 14.0 Å². The van der Waals surface area contributed by atoms with Gasteiger partial charge in [-0.3, -0.25) is 9.59 Å². The summed E-state index contributed by atoms with van der Waals surface area (Å²) in [6, 6.07) is 10.9. The highest BCUT2D eigenvalue weighted by molar-refractivity contribution is 6.06. The van der Waals surface area contributed by atoms with E-state index in [2.05, 4.69) is 34.3 Å². The lowest BCUT2D eigenvalue weighted by Crippen LogP contribution is -2.35. The number of halogens is 1. The lowest BCUT2D eigenvalue weighted by molar-refractivity contribution is 0.0948. The first-order chi connectivity index (χ1) is 15.0. The minimum Gasteiger partial charge on any atom is -0.371 e. The van der Waals surface area contributed by atoms with Crippen LogP contribution in [-0.4, -0.2) is 56.0 Å². The molecule has 0 atom stereocenters. The van der Waals surface area contributed by atoms with Crippen molar-refractivity contribution in [2.75, 3.05) is 49.5 Å². The monoisotopic (exact) mass is 426 g/mol. The Hall–Kier alpha value is -2.93. The Labute approximate surface area is 183 Å². The molecule has 0 saturated carbocycles. The summed E-state index contributed by atoms with van der Waals surface area (Å²) in [5.41, 5.74) is 2.15. The number of hydrogen-bond acceptors (Lipinski definition) is 4. The Morgan fingerprint density at radius 3 is 2.45 bits per heavy atom. The zero-order chi connectivity index (χ0) is 22.2. The summed E-state index contributed by atoms with van der Waals surface area (Å²) >= 11 is 0. The van der Waals surface area contributed by atoms with Crippen LogP contribution in [0.15, 0.2) is 42.5 Å². The van der Waals surface area contributed by atoms with E-state index in [1.165, 1.54) is 18.2 Å². The van der Waals surface area contributed by atoms with E-state index in [0.29, 0.717) is 17.8 Å². The van der Waals surface area contributed by atoms with E-state index in [1.807, 2.05) is 6.07 Å². The van der Waals surface area contributed by atoms with E-state index in [-0.39, 0.29) is 11.5 Å². The quantitative estimate of drug-likeness (QED) is 0.641. The number of nitrogens with one attached hydrogen (secondary N) is 2. The number of nitrogens with zero attached hydrogens (tertiary/aromatic N) is 2. The Kier molecular flexibility index (Phi) is 8.00. The van der Waals surface area contributed by atoms with Crippen LogP contribution >= 0.6 is 0 Å². The largest absolute Gasteiger partial charge is 0.371 e. The lowest BCUT2D eigenvalue weighted by atomic mass is 10.1. The van der Waals surface area contributed by atoms with Crippen LogP contribution in [0.3, 0.4) is 0 Å². The molecular formula is C24H31FN4O2. The lowest BCUT2D eigenvalue weighted by Gasteiger charge is -2.23. The van der Waals surface area contributed by atoms with Gasteiger partial charge < -0.3 is 20.4 Å². The smallest absolute Gasteiger partial charge is 0.255 e. The summed E-state index contributed by atoms with van der Waals surface area (Å²) in [4.78, 5) is 30.0. The van der Waals surface area contributed by atoms with Gasteiger partial charge in [-0.2, -0.15) is 0 Å². The summed E-state index contributed by atoms with van der Waals surface area (Å²) < 4.78 is 13.4. The summed E-state index contributed by atoms with van der Waals surface area (Å²) in [7, 11) is 0. The second kappa shape index (κ2) is 10.9. The Morgan fingerprint density at radius 2 is 1.77 bits per heavy atom. The van der Waals surface area contributed by atoms with Gasteiger partial charge >= 0.3 is 0 Å². The first-order valence-corrected chi connectivity index (χ1v) is 11.0. The van der Waals surface area contributed by atoms with Crippen LogP contribution in [0.4, 0.5) is 15.8 Å². The molecule has 2 amide bonds. The van der Waals surface area contributed by atoms with Crippen LogP contribution in [0.2, 0.25) is 0 Å². The molecule has 2 N–H and O–H groups in total. The molecular weight excluding hydrogens is 395 g/mol. The number of carbonyl (C=O) groups is 2. The molecule has 0 unspecified atom stereocenters. The number of anilines is 2. The van der Waals surface area contributed by atoms with Gasteiger partial charge in [0.05, 0.1) is 5.56 Å². The highest BCUT2D eigenvalue weighted by Gasteiger charge is 2.20. The zero-order valence-corrected chi connectivity index (χ0v) is 18.3. The van der Waals surface area contributed by atoms with Gasteiger partial charge in [0.15, 0.2) is 0 Å². The van der Waals surface area contributed by atoms with Crippen molar-refractivity contribution >= 4 is 23.2 Å². The van der Waals surface area contributed by atoms with Gasteiger partial charge in [0.25, 0.3) is 11.8 Å². The van der Waals surface area contributed by atoms with E-state index in [1.54, 1.807) is 18.2 Å². The summed E-state index contributed by atoms with van der Waals surface area (Å²) in [5.74, 6) is -1.04. The van der Waals surface area contributed by atoms with Crippen molar-refractivity contribution in [1.82, 2.24) is 10.2 Å². The SMILES string of the molecule is CCN(CC)CCNC(=O)c1cc(NC(=O)c2cccc(F)c2)ccc1N1CCCC1. The van der Waals surface area contributed by atoms with Gasteiger partial charge in [-0.15, -0.1) is 0 Å². The molecule has 3 rings (SSSR count). The van der Waals surface area contributed by atoms with Gasteiger partial charge in [-0.25, -0.2) is 4.39 Å². The molecule has 1 aliphatic heterocycles. The van der Waals surface area contributed by atoms with Crippen LogP contribution in [0.1, 0.15) is 47.4 Å². The first kappa shape index (κ1) is 22.7. The van der Waals surface area contributed by atoms with Crippen molar-refractivity contribution in [2.24, 2.45) is 0 Å². The second-order valence-electron chi connectivity index (χ2n) is 7.67. The van der Waals surface area contributed by atoms with Gasteiger partial charge in [0, 0.05) is 43.1 Å². The van der Waals surface area contributed by atoms with Crippen LogP contribution in [0, 0.1) is 5.82 Å². The summed E-state index contributed by atoms with van der Waals surface area (Å²) in [5, 5.41) is 5.79. The molecule has 0 spiro atoms. The summed E-state index contributed by atoms with van der Waals surface area (Å²) in [6.45, 7) is 9.24. The maximum absolute atomic E-state index is 13.4. The number of likely N-dealkylation sites (N-methyl/N-ethyl adjacent to an activating group) is 1. The highest BCUT2D eigenvalue weighted by atomic mass is 19.1. The Bertz CT molecular complexity index is 908. The normalized spacial score (nSPS) is 13.5. The standard InChI is InChI=1S/C24H31FN4O2/c1-3-28(4-2)15-12-26-24(31)21-17-20(10-11-22(21)29-13-5-6-14-29)27-23(30)18-8-7-9-19(25)16-18/h7-11,16-17H,3-6,12-15H2,1-2H3,(H,26,31)(H,27,30). The first-order valence-electron chi connectivity index (χ1n) is 11.0. The van der Waals surface area contributed by atoms with Gasteiger partial charge in [0.2, 0.25) is 0 Å². The maximum atomic E-state index is 13.4. The minimum absolute atomic E-state index is 0.157. The predicted octanol–water partition coefficient (Wildman–Crippen LogP) is 3.75. The average Bonchev–Trinajstić information content (AvgIpc) is 3.31. The third-order valence-electron chi connectivity index (χ3n) is 5.64. The van der Waals surface area contributed by atoms with Crippen molar-refractivity contribution in [3.05, 3.63) is 59.4 Å². The molecule has 7 heteroatoms. The molecule has 2 aromatic rings. The van der Waals surface area contributed by atoms with Crippen LogP contribution in [0.5, 0.6) is 0 Å². The average molecular weight is 427 g/mol. The Morgan fingerprint density at radius 1 is 1.03 bits per heavy atom. The number of rotatable bonds is 9. The van der Waals surface area contributed by atoms with E-state index < -0.39 is 11.7 Å². The molecule has 0 aromatic heterocycles. The molecule has 1 fully saturated rings. The molecule has 1 heterocycles. The van der Waals surface area contributed by atoms with Crippen LogP contribution in [0.25, 0.3) is 0 Å². The molecule has 0 bridgehead atoms. The third kappa shape index (κ3) is 6.04. The molecule has 1 saturated heterocycles. The van der Waals surface area contributed by atoms with Gasteiger partial charge in [-0.05, 0) is 62.3 Å². The number of hydrogen-bond donors (Lipinski definition) is 2. The van der Waals surface area contributed by atoms with Crippen molar-refractivity contribution in [2.45, 2.75) is 26.7 Å². The van der Waals surface area contributed by atoms with E-state index in [4.69, 9.17) is 0 Å². The second-order valence-corrected chi connectivity index (χ2v) is 7.67. The van der Waals surface area contributed by atoms with E-state index in [0.717, 1.165) is 51.3 Å². The van der Waals surface area contributed by atoms with Crippen molar-refractivity contribution < 1.29 is 14.0 Å². The van der Waals surface area contributed by atoms with Crippen molar-refractivity contribution in [3.63, 3.8) is 0 Å². The fourth-order valence-electron chi connectivity index (χ4n) is 3.83. The number of carbonyl (C=O) groups excluding carboxylic acids is 2. The topological polar surface area (TPSA) is 64.7 Å².